The summed E-state index contributed by atoms with van der Waals surface area (Å²) in [6, 6.07) is 3.40. The Morgan fingerprint density at radius 3 is 2.83 bits per heavy atom. The molecule has 8 nitrogen and oxygen atoms in total. The van der Waals surface area contributed by atoms with Crippen LogP contribution in [0.3, 0.4) is 0 Å². The molecule has 1 amide bonds. The number of rotatable bonds is 3. The summed E-state index contributed by atoms with van der Waals surface area (Å²) in [7, 11) is 1.85. The number of fused-ring (bicyclic) bond motifs is 1. The molecular weight excluding hydrogens is 306 g/mol. The second kappa shape index (κ2) is 5.58. The topological polar surface area (TPSA) is 90.0 Å². The van der Waals surface area contributed by atoms with Crippen LogP contribution in [-0.4, -0.2) is 35.0 Å². The van der Waals surface area contributed by atoms with E-state index in [1.165, 1.54) is 6.20 Å². The highest BCUT2D eigenvalue weighted by atomic mass is 16.1. The molecule has 0 fully saturated rings. The minimum absolute atomic E-state index is 0.283. The minimum atomic E-state index is -0.283. The van der Waals surface area contributed by atoms with Crippen molar-refractivity contribution in [3.8, 4) is 11.3 Å². The van der Waals surface area contributed by atoms with Crippen molar-refractivity contribution < 1.29 is 4.79 Å². The molecule has 0 radical (unpaired) electrons. The highest BCUT2D eigenvalue weighted by Gasteiger charge is 2.14. The van der Waals surface area contributed by atoms with E-state index in [1.54, 1.807) is 47.8 Å². The standard InChI is InChI=1S/C16H13N7O/c1-22-10-12(8-20-22)13-9-19-15-14(18-5-6-23(13)15)21-16(24)11-3-2-4-17-7-11/h2-10H,1H3,(H,18,21,24). The van der Waals surface area contributed by atoms with Gasteiger partial charge in [0.1, 0.15) is 0 Å². The first-order valence-electron chi connectivity index (χ1n) is 7.25. The van der Waals surface area contributed by atoms with E-state index in [0.29, 0.717) is 17.0 Å². The van der Waals surface area contributed by atoms with Gasteiger partial charge in [-0.3, -0.25) is 18.9 Å². The molecule has 0 atom stereocenters. The smallest absolute Gasteiger partial charge is 0.258 e. The Hall–Kier alpha value is -3.55. The summed E-state index contributed by atoms with van der Waals surface area (Å²) < 4.78 is 3.59. The molecule has 0 aromatic carbocycles. The van der Waals surface area contributed by atoms with E-state index in [4.69, 9.17) is 0 Å². The fourth-order valence-corrected chi connectivity index (χ4v) is 2.45. The second-order valence-corrected chi connectivity index (χ2v) is 5.21. The maximum absolute atomic E-state index is 12.3. The zero-order valence-electron chi connectivity index (χ0n) is 12.8. The highest BCUT2D eigenvalue weighted by Crippen LogP contribution is 2.23. The molecule has 0 aliphatic carbocycles. The van der Waals surface area contributed by atoms with Crippen molar-refractivity contribution in [1.82, 2.24) is 29.1 Å². The van der Waals surface area contributed by atoms with Gasteiger partial charge in [-0.05, 0) is 12.1 Å². The molecule has 0 spiro atoms. The van der Waals surface area contributed by atoms with Crippen LogP contribution < -0.4 is 5.32 Å². The van der Waals surface area contributed by atoms with Crippen LogP contribution in [0, 0.1) is 0 Å². The van der Waals surface area contributed by atoms with Gasteiger partial charge in [-0.1, -0.05) is 0 Å². The molecule has 0 bridgehead atoms. The molecule has 8 heteroatoms. The van der Waals surface area contributed by atoms with E-state index < -0.39 is 0 Å². The fraction of sp³-hybridized carbons (Fsp3) is 0.0625. The third kappa shape index (κ3) is 2.39. The van der Waals surface area contributed by atoms with Gasteiger partial charge >= 0.3 is 0 Å². The number of hydrogen-bond donors (Lipinski definition) is 1. The molecule has 4 aromatic heterocycles. The third-order valence-corrected chi connectivity index (χ3v) is 3.58. The van der Waals surface area contributed by atoms with Crippen molar-refractivity contribution in [2.24, 2.45) is 7.05 Å². The molecule has 1 N–H and O–H groups in total. The van der Waals surface area contributed by atoms with Crippen LogP contribution >= 0.6 is 0 Å². The van der Waals surface area contributed by atoms with Gasteiger partial charge in [0.05, 0.1) is 23.7 Å². The van der Waals surface area contributed by atoms with Gasteiger partial charge in [0.25, 0.3) is 5.91 Å². The third-order valence-electron chi connectivity index (χ3n) is 3.58. The van der Waals surface area contributed by atoms with Crippen molar-refractivity contribution in [3.05, 3.63) is 61.1 Å². The number of pyridine rings is 1. The Morgan fingerprint density at radius 1 is 1.17 bits per heavy atom. The number of aromatic nitrogens is 6. The zero-order valence-corrected chi connectivity index (χ0v) is 12.8. The molecule has 4 heterocycles. The van der Waals surface area contributed by atoms with Crippen molar-refractivity contribution in [2.75, 3.05) is 5.32 Å². The Balaban J connectivity index is 1.72. The number of carbonyl (C=O) groups is 1. The van der Waals surface area contributed by atoms with E-state index in [2.05, 4.69) is 25.4 Å². The van der Waals surface area contributed by atoms with Gasteiger partial charge < -0.3 is 5.32 Å². The molecule has 0 saturated heterocycles. The van der Waals surface area contributed by atoms with E-state index >= 15 is 0 Å². The summed E-state index contributed by atoms with van der Waals surface area (Å²) in [5.74, 6) is 0.108. The second-order valence-electron chi connectivity index (χ2n) is 5.21. The summed E-state index contributed by atoms with van der Waals surface area (Å²) in [5.41, 5.74) is 2.83. The molecule has 4 aromatic rings. The van der Waals surface area contributed by atoms with Crippen LogP contribution in [0.15, 0.2) is 55.5 Å². The predicted octanol–water partition coefficient (Wildman–Crippen LogP) is 1.78. The molecule has 0 unspecified atom stereocenters. The number of hydrogen-bond acceptors (Lipinski definition) is 5. The molecule has 118 valence electrons. The van der Waals surface area contributed by atoms with Crippen molar-refractivity contribution in [3.63, 3.8) is 0 Å². The van der Waals surface area contributed by atoms with E-state index in [9.17, 15) is 4.79 Å². The van der Waals surface area contributed by atoms with Crippen LogP contribution in [0.1, 0.15) is 10.4 Å². The maximum Gasteiger partial charge on any atom is 0.258 e. The first-order valence-corrected chi connectivity index (χ1v) is 7.25. The lowest BCUT2D eigenvalue weighted by Crippen LogP contribution is -2.14. The van der Waals surface area contributed by atoms with Gasteiger partial charge in [0.2, 0.25) is 0 Å². The SMILES string of the molecule is Cn1cc(-c2cnc3c(NC(=O)c4cccnc4)nccn23)cn1. The maximum atomic E-state index is 12.3. The number of anilines is 1. The van der Waals surface area contributed by atoms with Crippen LogP contribution in [-0.2, 0) is 7.05 Å². The lowest BCUT2D eigenvalue weighted by molar-refractivity contribution is 0.102. The van der Waals surface area contributed by atoms with Crippen molar-refractivity contribution in [2.45, 2.75) is 0 Å². The van der Waals surface area contributed by atoms with E-state index in [1.807, 2.05) is 17.6 Å². The van der Waals surface area contributed by atoms with Crippen LogP contribution in [0.4, 0.5) is 5.82 Å². The summed E-state index contributed by atoms with van der Waals surface area (Å²) in [6.45, 7) is 0. The normalized spacial score (nSPS) is 10.9. The average molecular weight is 319 g/mol. The van der Waals surface area contributed by atoms with Crippen LogP contribution in [0.25, 0.3) is 16.9 Å². The first-order chi connectivity index (χ1) is 11.7. The van der Waals surface area contributed by atoms with Crippen LogP contribution in [0.5, 0.6) is 0 Å². The average Bonchev–Trinajstić information content (AvgIpc) is 3.22. The van der Waals surface area contributed by atoms with Crippen LogP contribution in [0.2, 0.25) is 0 Å². The predicted molar refractivity (Wildman–Crippen MR) is 87.4 cm³/mol. The Kier molecular flexibility index (Phi) is 3.27. The number of amides is 1. The molecule has 0 aliphatic heterocycles. The number of imidazole rings is 1. The molecular formula is C16H13N7O. The van der Waals surface area contributed by atoms with Gasteiger partial charge in [0.15, 0.2) is 11.5 Å². The Bertz CT molecular complexity index is 1020. The van der Waals surface area contributed by atoms with Gasteiger partial charge in [-0.2, -0.15) is 5.10 Å². The Labute approximate surface area is 136 Å². The lowest BCUT2D eigenvalue weighted by atomic mass is 10.2. The van der Waals surface area contributed by atoms with E-state index in [0.717, 1.165) is 11.3 Å². The Morgan fingerprint density at radius 2 is 2.08 bits per heavy atom. The minimum Gasteiger partial charge on any atom is -0.303 e. The monoisotopic (exact) mass is 319 g/mol. The first kappa shape index (κ1) is 14.1. The zero-order chi connectivity index (χ0) is 16.5. The molecule has 0 aliphatic rings. The van der Waals surface area contributed by atoms with Gasteiger partial charge in [0, 0.05) is 43.6 Å². The lowest BCUT2D eigenvalue weighted by Gasteiger charge is -2.06. The van der Waals surface area contributed by atoms with Gasteiger partial charge in [-0.15, -0.1) is 0 Å². The highest BCUT2D eigenvalue weighted by molar-refractivity contribution is 6.05. The quantitative estimate of drug-likeness (QED) is 0.621. The summed E-state index contributed by atoms with van der Waals surface area (Å²) in [6.07, 6.45) is 11.9. The number of aryl methyl sites for hydroxylation is 1. The molecule has 4 rings (SSSR count). The number of nitrogens with one attached hydrogen (secondary N) is 1. The fourth-order valence-electron chi connectivity index (χ4n) is 2.45. The summed E-state index contributed by atoms with van der Waals surface area (Å²) >= 11 is 0. The summed E-state index contributed by atoms with van der Waals surface area (Å²) in [4.78, 5) is 24.9. The van der Waals surface area contributed by atoms with Crippen molar-refractivity contribution in [1.29, 1.82) is 0 Å². The molecule has 24 heavy (non-hydrogen) atoms. The number of carbonyl (C=O) groups excluding carboxylic acids is 1. The van der Waals surface area contributed by atoms with Crippen molar-refractivity contribution >= 4 is 17.4 Å². The van der Waals surface area contributed by atoms with Gasteiger partial charge in [-0.25, -0.2) is 9.97 Å². The van der Waals surface area contributed by atoms with E-state index in [-0.39, 0.29) is 5.91 Å². The number of nitrogens with zero attached hydrogens (tertiary/aromatic N) is 6. The summed E-state index contributed by atoms with van der Waals surface area (Å²) in [5, 5.41) is 6.95. The largest absolute Gasteiger partial charge is 0.303 e. The molecule has 0 saturated carbocycles.